The lowest BCUT2D eigenvalue weighted by atomic mass is 10.2. The molecular weight excluding hydrogens is 350 g/mol. The zero-order valence-electron chi connectivity index (χ0n) is 13.0. The molecular formula is C15H10F2N6O3. The first kappa shape index (κ1) is 17.1. The maximum Gasteiger partial charge on any atom is 0.270 e. The van der Waals surface area contributed by atoms with Gasteiger partial charge in [0.25, 0.3) is 11.6 Å². The number of nitro benzene ring substituents is 1. The summed E-state index contributed by atoms with van der Waals surface area (Å²) in [4.78, 5) is 22.3. The molecule has 26 heavy (non-hydrogen) atoms. The highest BCUT2D eigenvalue weighted by molar-refractivity contribution is 5.94. The zero-order chi connectivity index (χ0) is 18.7. The predicted molar refractivity (Wildman–Crippen MR) is 83.3 cm³/mol. The van der Waals surface area contributed by atoms with Gasteiger partial charge in [-0.1, -0.05) is 6.07 Å². The molecule has 0 radical (unpaired) electrons. The van der Waals surface area contributed by atoms with Crippen molar-refractivity contribution in [3.05, 3.63) is 75.6 Å². The molecule has 0 unspecified atom stereocenters. The van der Waals surface area contributed by atoms with Crippen molar-refractivity contribution in [2.24, 2.45) is 0 Å². The molecule has 11 heteroatoms. The number of aromatic nitrogens is 4. The highest BCUT2D eigenvalue weighted by Crippen LogP contribution is 2.14. The number of halogens is 2. The largest absolute Gasteiger partial charge is 0.345 e. The molecule has 1 amide bonds. The van der Waals surface area contributed by atoms with Crippen molar-refractivity contribution >= 4 is 11.6 Å². The molecule has 0 fully saturated rings. The summed E-state index contributed by atoms with van der Waals surface area (Å²) in [5.41, 5.74) is 0.0452. The quantitative estimate of drug-likeness (QED) is 0.548. The number of amides is 1. The van der Waals surface area contributed by atoms with Gasteiger partial charge in [0.1, 0.15) is 0 Å². The Morgan fingerprint density at radius 1 is 1.19 bits per heavy atom. The lowest BCUT2D eigenvalue weighted by molar-refractivity contribution is -0.384. The molecule has 0 bridgehead atoms. The van der Waals surface area contributed by atoms with E-state index >= 15 is 0 Å². The minimum absolute atomic E-state index is 0.0889. The summed E-state index contributed by atoms with van der Waals surface area (Å²) in [6.45, 7) is -0.131. The number of nitrogens with zero attached hydrogens (tertiary/aromatic N) is 5. The van der Waals surface area contributed by atoms with Crippen LogP contribution in [0.5, 0.6) is 0 Å². The molecule has 2 aromatic carbocycles. The SMILES string of the molecule is O=C(NCc1nnnn1-c1ccc(F)c(F)c1)c1cccc([N+](=O)[O-])c1. The third kappa shape index (κ3) is 3.50. The van der Waals surface area contributed by atoms with E-state index in [0.717, 1.165) is 22.9 Å². The molecule has 3 rings (SSSR count). The summed E-state index contributed by atoms with van der Waals surface area (Å²) in [6, 6.07) is 8.32. The smallest absolute Gasteiger partial charge is 0.270 e. The summed E-state index contributed by atoms with van der Waals surface area (Å²) >= 11 is 0. The molecule has 0 spiro atoms. The molecule has 0 saturated heterocycles. The molecule has 132 valence electrons. The van der Waals surface area contributed by atoms with E-state index in [1.807, 2.05) is 0 Å². The fourth-order valence-corrected chi connectivity index (χ4v) is 2.16. The number of benzene rings is 2. The van der Waals surface area contributed by atoms with Gasteiger partial charge in [-0.05, 0) is 28.6 Å². The van der Waals surface area contributed by atoms with Gasteiger partial charge >= 0.3 is 0 Å². The average molecular weight is 360 g/mol. The van der Waals surface area contributed by atoms with Crippen molar-refractivity contribution in [2.75, 3.05) is 0 Å². The molecule has 0 aliphatic heterocycles. The number of tetrazole rings is 1. The number of nitrogens with one attached hydrogen (secondary N) is 1. The van der Waals surface area contributed by atoms with E-state index in [1.165, 1.54) is 24.3 Å². The van der Waals surface area contributed by atoms with Crippen LogP contribution >= 0.6 is 0 Å². The van der Waals surface area contributed by atoms with Crippen molar-refractivity contribution in [3.63, 3.8) is 0 Å². The van der Waals surface area contributed by atoms with Crippen molar-refractivity contribution < 1.29 is 18.5 Å². The number of carbonyl (C=O) groups is 1. The van der Waals surface area contributed by atoms with E-state index < -0.39 is 22.5 Å². The number of hydrogen-bond donors (Lipinski definition) is 1. The summed E-state index contributed by atoms with van der Waals surface area (Å²) < 4.78 is 27.5. The van der Waals surface area contributed by atoms with Crippen LogP contribution in [0.4, 0.5) is 14.5 Å². The normalized spacial score (nSPS) is 10.5. The molecule has 0 aliphatic rings. The van der Waals surface area contributed by atoms with Crippen LogP contribution in [-0.4, -0.2) is 31.0 Å². The van der Waals surface area contributed by atoms with Crippen molar-refractivity contribution in [2.45, 2.75) is 6.54 Å². The first-order valence-electron chi connectivity index (χ1n) is 7.21. The van der Waals surface area contributed by atoms with Gasteiger partial charge in [0, 0.05) is 23.8 Å². The molecule has 1 N–H and O–H groups in total. The molecule has 0 aliphatic carbocycles. The monoisotopic (exact) mass is 360 g/mol. The Kier molecular flexibility index (Phi) is 4.60. The second-order valence-electron chi connectivity index (χ2n) is 5.10. The van der Waals surface area contributed by atoms with Crippen molar-refractivity contribution in [3.8, 4) is 5.69 Å². The zero-order valence-corrected chi connectivity index (χ0v) is 13.0. The number of hydrogen-bond acceptors (Lipinski definition) is 6. The van der Waals surface area contributed by atoms with Gasteiger partial charge in [-0.3, -0.25) is 14.9 Å². The predicted octanol–water partition coefficient (Wildman–Crippen LogP) is 1.78. The van der Waals surface area contributed by atoms with E-state index in [0.29, 0.717) is 0 Å². The summed E-state index contributed by atoms with van der Waals surface area (Å²) in [6.07, 6.45) is 0. The van der Waals surface area contributed by atoms with Crippen LogP contribution in [0.15, 0.2) is 42.5 Å². The third-order valence-corrected chi connectivity index (χ3v) is 3.41. The third-order valence-electron chi connectivity index (χ3n) is 3.41. The van der Waals surface area contributed by atoms with Gasteiger partial charge < -0.3 is 5.32 Å². The Morgan fingerprint density at radius 3 is 2.73 bits per heavy atom. The lowest BCUT2D eigenvalue weighted by Crippen LogP contribution is -2.24. The summed E-state index contributed by atoms with van der Waals surface area (Å²) in [7, 11) is 0. The van der Waals surface area contributed by atoms with E-state index in [2.05, 4.69) is 20.8 Å². The van der Waals surface area contributed by atoms with Crippen LogP contribution in [0, 0.1) is 21.7 Å². The first-order chi connectivity index (χ1) is 12.5. The highest BCUT2D eigenvalue weighted by atomic mass is 19.2. The van der Waals surface area contributed by atoms with Crippen LogP contribution in [-0.2, 0) is 6.54 Å². The summed E-state index contributed by atoms with van der Waals surface area (Å²) in [5, 5.41) is 24.1. The van der Waals surface area contributed by atoms with E-state index in [-0.39, 0.29) is 29.3 Å². The Hall–Kier alpha value is -3.76. The highest BCUT2D eigenvalue weighted by Gasteiger charge is 2.14. The topological polar surface area (TPSA) is 116 Å². The van der Waals surface area contributed by atoms with Crippen LogP contribution in [0.1, 0.15) is 16.2 Å². The number of non-ortho nitro benzene ring substituents is 1. The second kappa shape index (κ2) is 7.01. The number of rotatable bonds is 5. The van der Waals surface area contributed by atoms with Gasteiger partial charge in [0.05, 0.1) is 17.2 Å². The van der Waals surface area contributed by atoms with Gasteiger partial charge in [0.15, 0.2) is 17.5 Å². The number of carbonyl (C=O) groups excluding carboxylic acids is 1. The fourth-order valence-electron chi connectivity index (χ4n) is 2.16. The Balaban J connectivity index is 1.76. The second-order valence-corrected chi connectivity index (χ2v) is 5.10. The van der Waals surface area contributed by atoms with Crippen molar-refractivity contribution in [1.82, 2.24) is 25.5 Å². The molecule has 9 nitrogen and oxygen atoms in total. The average Bonchev–Trinajstić information content (AvgIpc) is 3.10. The Bertz CT molecular complexity index is 991. The molecule has 0 saturated carbocycles. The maximum atomic E-state index is 13.4. The van der Waals surface area contributed by atoms with Gasteiger partial charge in [0.2, 0.25) is 0 Å². The van der Waals surface area contributed by atoms with Crippen LogP contribution in [0.3, 0.4) is 0 Å². The van der Waals surface area contributed by atoms with Gasteiger partial charge in [-0.15, -0.1) is 5.10 Å². The van der Waals surface area contributed by atoms with E-state index in [4.69, 9.17) is 0 Å². The minimum atomic E-state index is -1.07. The van der Waals surface area contributed by atoms with Crippen LogP contribution < -0.4 is 5.32 Å². The Morgan fingerprint density at radius 2 is 2.00 bits per heavy atom. The minimum Gasteiger partial charge on any atom is -0.345 e. The van der Waals surface area contributed by atoms with E-state index in [9.17, 15) is 23.7 Å². The lowest BCUT2D eigenvalue weighted by Gasteiger charge is -2.07. The molecule has 1 aromatic heterocycles. The summed E-state index contributed by atoms with van der Waals surface area (Å²) in [5.74, 6) is -2.49. The standard InChI is InChI=1S/C15H10F2N6O3/c16-12-5-4-10(7-13(12)17)22-14(19-20-21-22)8-18-15(24)9-2-1-3-11(6-9)23(25)26/h1-7H,8H2,(H,18,24). The maximum absolute atomic E-state index is 13.4. The van der Waals surface area contributed by atoms with Crippen LogP contribution in [0.2, 0.25) is 0 Å². The fraction of sp³-hybridized carbons (Fsp3) is 0.0667. The molecule has 1 heterocycles. The molecule has 0 atom stereocenters. The molecule has 3 aromatic rings. The van der Waals surface area contributed by atoms with Crippen LogP contribution in [0.25, 0.3) is 5.69 Å². The first-order valence-corrected chi connectivity index (χ1v) is 7.21. The van der Waals surface area contributed by atoms with Crippen molar-refractivity contribution in [1.29, 1.82) is 0 Å². The number of nitro groups is 1. The Labute approximate surface area is 144 Å². The van der Waals surface area contributed by atoms with Gasteiger partial charge in [-0.2, -0.15) is 4.68 Å². The van der Waals surface area contributed by atoms with E-state index in [1.54, 1.807) is 0 Å². The van der Waals surface area contributed by atoms with Gasteiger partial charge in [-0.25, -0.2) is 8.78 Å².